The van der Waals surface area contributed by atoms with E-state index in [1.807, 2.05) is 30.3 Å². The Morgan fingerprint density at radius 1 is 1.22 bits per heavy atom. The van der Waals surface area contributed by atoms with Gasteiger partial charge < -0.3 is 9.63 Å². The molecule has 2 aromatic heterocycles. The van der Waals surface area contributed by atoms with E-state index in [1.54, 1.807) is 0 Å². The van der Waals surface area contributed by atoms with Gasteiger partial charge in [0.15, 0.2) is 0 Å². The van der Waals surface area contributed by atoms with Crippen LogP contribution in [0.1, 0.15) is 5.89 Å². The predicted molar refractivity (Wildman–Crippen MR) is 68.7 cm³/mol. The van der Waals surface area contributed by atoms with E-state index in [9.17, 15) is 0 Å². The molecule has 0 unspecified atom stereocenters. The molecule has 0 saturated carbocycles. The Labute approximate surface area is 111 Å². The maximum atomic E-state index is 8.91. The molecule has 5 nitrogen and oxygen atoms in total. The first-order valence-corrected chi connectivity index (χ1v) is 6.06. The smallest absolute Gasteiger partial charge is 0.252 e. The molecule has 2 heterocycles. The topological polar surface area (TPSA) is 72.0 Å². The number of pyridine rings is 1. The highest BCUT2D eigenvalue weighted by Gasteiger charge is 2.13. The number of nitrogens with zero attached hydrogens (tertiary/aromatic N) is 3. The second-order valence-electron chi connectivity index (χ2n) is 3.68. The molecule has 0 bridgehead atoms. The van der Waals surface area contributed by atoms with E-state index < -0.39 is 0 Å². The molecule has 0 spiro atoms. The van der Waals surface area contributed by atoms with Crippen LogP contribution in [0, 0.1) is 0 Å². The monoisotopic (exact) mass is 305 g/mol. The van der Waals surface area contributed by atoms with Crippen LogP contribution in [0.5, 0.6) is 0 Å². The highest BCUT2D eigenvalue weighted by Crippen LogP contribution is 2.27. The van der Waals surface area contributed by atoms with Crippen molar-refractivity contribution in [3.63, 3.8) is 0 Å². The van der Waals surface area contributed by atoms with E-state index in [0.717, 1.165) is 15.4 Å². The number of hydrogen-bond donors (Lipinski definition) is 1. The van der Waals surface area contributed by atoms with Gasteiger partial charge in [-0.1, -0.05) is 23.4 Å². The Hall–Kier alpha value is -1.79. The van der Waals surface area contributed by atoms with Crippen LogP contribution >= 0.6 is 15.9 Å². The van der Waals surface area contributed by atoms with Crippen molar-refractivity contribution in [1.82, 2.24) is 15.1 Å². The number of para-hydroxylation sites is 1. The number of aliphatic hydroxyl groups excluding tert-OH is 1. The zero-order valence-electron chi connectivity index (χ0n) is 9.17. The van der Waals surface area contributed by atoms with Gasteiger partial charge in [-0.2, -0.15) is 4.98 Å². The van der Waals surface area contributed by atoms with E-state index >= 15 is 0 Å². The van der Waals surface area contributed by atoms with Crippen LogP contribution in [0.3, 0.4) is 0 Å². The minimum atomic E-state index is -0.280. The van der Waals surface area contributed by atoms with Crippen LogP contribution in [0.4, 0.5) is 0 Å². The molecule has 1 aromatic carbocycles. The van der Waals surface area contributed by atoms with Gasteiger partial charge in [-0.3, -0.25) is 0 Å². The highest BCUT2D eigenvalue weighted by atomic mass is 79.9. The van der Waals surface area contributed by atoms with Crippen LogP contribution < -0.4 is 0 Å². The second-order valence-corrected chi connectivity index (χ2v) is 4.54. The fraction of sp³-hybridized carbons (Fsp3) is 0.0833. The second kappa shape index (κ2) is 4.47. The first-order valence-electron chi connectivity index (χ1n) is 5.27. The third-order valence-corrected chi connectivity index (χ3v) is 3.10. The lowest BCUT2D eigenvalue weighted by Gasteiger charge is -2.02. The summed E-state index contributed by atoms with van der Waals surface area (Å²) in [5, 5.41) is 13.7. The molecule has 0 fully saturated rings. The summed E-state index contributed by atoms with van der Waals surface area (Å²) in [6.45, 7) is -0.280. The number of aromatic nitrogens is 3. The largest absolute Gasteiger partial charge is 0.387 e. The van der Waals surface area contributed by atoms with Crippen molar-refractivity contribution in [3.8, 4) is 11.5 Å². The normalized spacial score (nSPS) is 11.0. The van der Waals surface area contributed by atoms with E-state index in [1.165, 1.54) is 0 Å². The minimum absolute atomic E-state index is 0.173. The molecule has 1 N–H and O–H groups in total. The summed E-state index contributed by atoms with van der Waals surface area (Å²) < 4.78 is 5.65. The number of halogens is 1. The van der Waals surface area contributed by atoms with Crippen LogP contribution in [-0.4, -0.2) is 20.2 Å². The minimum Gasteiger partial charge on any atom is -0.387 e. The summed E-state index contributed by atoms with van der Waals surface area (Å²) in [5.74, 6) is 0.531. The zero-order chi connectivity index (χ0) is 12.5. The van der Waals surface area contributed by atoms with E-state index in [2.05, 4.69) is 31.1 Å². The molecule has 0 atom stereocenters. The molecule has 0 radical (unpaired) electrons. The van der Waals surface area contributed by atoms with Gasteiger partial charge in [-0.05, 0) is 28.1 Å². The molecule has 90 valence electrons. The van der Waals surface area contributed by atoms with Crippen LogP contribution in [0.25, 0.3) is 22.4 Å². The van der Waals surface area contributed by atoms with Crippen molar-refractivity contribution in [2.75, 3.05) is 0 Å². The van der Waals surface area contributed by atoms with Gasteiger partial charge in [0.05, 0.1) is 5.52 Å². The fourth-order valence-electron chi connectivity index (χ4n) is 1.66. The van der Waals surface area contributed by atoms with Crippen LogP contribution in [0.2, 0.25) is 0 Å². The van der Waals surface area contributed by atoms with Crippen molar-refractivity contribution >= 4 is 26.8 Å². The highest BCUT2D eigenvalue weighted by molar-refractivity contribution is 9.10. The predicted octanol–water partition coefficient (Wildman–Crippen LogP) is 2.54. The lowest BCUT2D eigenvalue weighted by Crippen LogP contribution is -1.90. The van der Waals surface area contributed by atoms with Gasteiger partial charge in [-0.15, -0.1) is 0 Å². The maximum Gasteiger partial charge on any atom is 0.252 e. The zero-order valence-corrected chi connectivity index (χ0v) is 10.8. The Bertz CT molecular complexity index is 711. The number of aliphatic hydroxyl groups is 1. The number of hydrogen-bond acceptors (Lipinski definition) is 5. The summed E-state index contributed by atoms with van der Waals surface area (Å²) in [7, 11) is 0. The first kappa shape index (κ1) is 11.3. The number of benzene rings is 1. The van der Waals surface area contributed by atoms with Crippen molar-refractivity contribution < 1.29 is 9.63 Å². The third kappa shape index (κ3) is 1.89. The molecule has 0 aliphatic rings. The molecular formula is C12H8BrN3O2. The van der Waals surface area contributed by atoms with Crippen molar-refractivity contribution in [2.45, 2.75) is 6.61 Å². The standard InChI is InChI=1S/C12H8BrN3O2/c13-8-5-7-3-1-2-4-9(7)14-11(8)12-15-10(6-17)18-16-12/h1-5,17H,6H2. The Morgan fingerprint density at radius 2 is 2.06 bits per heavy atom. The van der Waals surface area contributed by atoms with Crippen LogP contribution in [0.15, 0.2) is 39.3 Å². The summed E-state index contributed by atoms with van der Waals surface area (Å²) in [6, 6.07) is 9.72. The molecule has 3 aromatic rings. The maximum absolute atomic E-state index is 8.91. The molecule has 0 saturated heterocycles. The molecule has 0 aliphatic carbocycles. The van der Waals surface area contributed by atoms with E-state index in [4.69, 9.17) is 9.63 Å². The van der Waals surface area contributed by atoms with Gasteiger partial charge >= 0.3 is 0 Å². The van der Waals surface area contributed by atoms with Gasteiger partial charge in [0.1, 0.15) is 12.3 Å². The van der Waals surface area contributed by atoms with Gasteiger partial charge in [0, 0.05) is 9.86 Å². The molecular weight excluding hydrogens is 298 g/mol. The van der Waals surface area contributed by atoms with Gasteiger partial charge in [0.25, 0.3) is 5.89 Å². The van der Waals surface area contributed by atoms with E-state index in [0.29, 0.717) is 11.5 Å². The summed E-state index contributed by atoms with van der Waals surface area (Å²) >= 11 is 3.44. The lowest BCUT2D eigenvalue weighted by atomic mass is 10.2. The third-order valence-electron chi connectivity index (χ3n) is 2.49. The molecule has 3 rings (SSSR count). The summed E-state index contributed by atoms with van der Waals surface area (Å²) in [5.41, 5.74) is 1.45. The Balaban J connectivity index is 2.19. The lowest BCUT2D eigenvalue weighted by molar-refractivity contribution is 0.222. The van der Waals surface area contributed by atoms with Crippen molar-refractivity contribution in [2.24, 2.45) is 0 Å². The summed E-state index contributed by atoms with van der Waals surface area (Å²) in [6.07, 6.45) is 0. The molecule has 18 heavy (non-hydrogen) atoms. The average Bonchev–Trinajstić information content (AvgIpc) is 2.86. The van der Waals surface area contributed by atoms with Crippen molar-refractivity contribution in [1.29, 1.82) is 0 Å². The molecule has 0 aliphatic heterocycles. The molecule has 0 amide bonds. The SMILES string of the molecule is OCc1nc(-c2nc3ccccc3cc2Br)no1. The molecule has 6 heteroatoms. The van der Waals surface area contributed by atoms with E-state index in [-0.39, 0.29) is 12.5 Å². The van der Waals surface area contributed by atoms with Crippen molar-refractivity contribution in [3.05, 3.63) is 40.7 Å². The number of rotatable bonds is 2. The van der Waals surface area contributed by atoms with Crippen LogP contribution in [-0.2, 0) is 6.61 Å². The Morgan fingerprint density at radius 3 is 2.83 bits per heavy atom. The van der Waals surface area contributed by atoms with Gasteiger partial charge in [-0.25, -0.2) is 4.98 Å². The fourth-order valence-corrected chi connectivity index (χ4v) is 2.17. The Kier molecular flexibility index (Phi) is 2.81. The first-order chi connectivity index (χ1) is 8.78. The van der Waals surface area contributed by atoms with Gasteiger partial charge in [0.2, 0.25) is 5.82 Å². The number of fused-ring (bicyclic) bond motifs is 1. The average molecular weight is 306 g/mol. The summed E-state index contributed by atoms with van der Waals surface area (Å²) in [4.78, 5) is 8.53. The quantitative estimate of drug-likeness (QED) is 0.787.